The van der Waals surface area contributed by atoms with Crippen LogP contribution in [0.5, 0.6) is 0 Å². The average Bonchev–Trinajstić information content (AvgIpc) is 2.40. The highest BCUT2D eigenvalue weighted by Crippen LogP contribution is 2.32. The fourth-order valence-electron chi connectivity index (χ4n) is 2.53. The minimum Gasteiger partial charge on any atom is -0.327 e. The fraction of sp³-hybridized carbons (Fsp3) is 0.500. The van der Waals surface area contributed by atoms with Crippen LogP contribution >= 0.6 is 0 Å². The third-order valence-electron chi connectivity index (χ3n) is 4.00. The molecular weight excluding hydrogens is 312 g/mol. The number of nitrogens with zero attached hydrogens (tertiary/aromatic N) is 2. The monoisotopic (exact) mass is 329 g/mol. The molecular formula is C14H17F2N3O2S. The first-order valence-corrected chi connectivity index (χ1v) is 8.18. The molecule has 1 saturated heterocycles. The van der Waals surface area contributed by atoms with E-state index in [1.165, 1.54) is 0 Å². The minimum atomic E-state index is -4.32. The molecule has 0 bridgehead atoms. The van der Waals surface area contributed by atoms with Gasteiger partial charge >= 0.3 is 0 Å². The van der Waals surface area contributed by atoms with Crippen LogP contribution in [-0.2, 0) is 10.0 Å². The maximum absolute atomic E-state index is 14.0. The Kier molecular flexibility index (Phi) is 4.26. The summed E-state index contributed by atoms with van der Waals surface area (Å²) < 4.78 is 54.1. The van der Waals surface area contributed by atoms with Crippen molar-refractivity contribution in [3.63, 3.8) is 0 Å². The van der Waals surface area contributed by atoms with Crippen LogP contribution in [0.15, 0.2) is 17.0 Å². The van der Waals surface area contributed by atoms with E-state index in [2.05, 4.69) is 0 Å². The van der Waals surface area contributed by atoms with Crippen LogP contribution in [-0.4, -0.2) is 31.9 Å². The lowest BCUT2D eigenvalue weighted by Crippen LogP contribution is -2.54. The summed E-state index contributed by atoms with van der Waals surface area (Å²) in [5.41, 5.74) is 5.18. The van der Waals surface area contributed by atoms with E-state index in [0.717, 1.165) is 16.4 Å². The van der Waals surface area contributed by atoms with Gasteiger partial charge in [-0.15, -0.1) is 0 Å². The van der Waals surface area contributed by atoms with Crippen molar-refractivity contribution in [2.24, 2.45) is 11.1 Å². The van der Waals surface area contributed by atoms with Gasteiger partial charge in [0.15, 0.2) is 4.90 Å². The minimum absolute atomic E-state index is 0.0788. The molecule has 1 aromatic rings. The molecule has 1 aliphatic heterocycles. The summed E-state index contributed by atoms with van der Waals surface area (Å²) in [5.74, 6) is -2.52. The molecule has 22 heavy (non-hydrogen) atoms. The second-order valence-electron chi connectivity index (χ2n) is 6.10. The topological polar surface area (TPSA) is 87.2 Å². The zero-order valence-electron chi connectivity index (χ0n) is 12.3. The van der Waals surface area contributed by atoms with Crippen LogP contribution in [0.2, 0.25) is 0 Å². The summed E-state index contributed by atoms with van der Waals surface area (Å²) in [5, 5.41) is 8.67. The van der Waals surface area contributed by atoms with Crippen molar-refractivity contribution in [2.45, 2.75) is 31.2 Å². The number of hydrogen-bond donors (Lipinski definition) is 1. The van der Waals surface area contributed by atoms with Gasteiger partial charge in [-0.05, 0) is 24.0 Å². The molecule has 0 spiro atoms. The predicted octanol–water partition coefficient (Wildman–Crippen LogP) is 1.58. The van der Waals surface area contributed by atoms with Crippen LogP contribution < -0.4 is 5.73 Å². The summed E-state index contributed by atoms with van der Waals surface area (Å²) in [4.78, 5) is -1.02. The average molecular weight is 329 g/mol. The molecule has 1 aliphatic rings. The molecule has 0 aromatic heterocycles. The van der Waals surface area contributed by atoms with E-state index < -0.39 is 32.0 Å². The maximum Gasteiger partial charge on any atom is 0.248 e. The highest BCUT2D eigenvalue weighted by atomic mass is 32.2. The number of rotatable bonds is 2. The molecule has 120 valence electrons. The Bertz CT molecular complexity index is 718. The van der Waals surface area contributed by atoms with Crippen molar-refractivity contribution in [2.75, 3.05) is 13.1 Å². The molecule has 1 atom stereocenters. The lowest BCUT2D eigenvalue weighted by molar-refractivity contribution is 0.155. The molecule has 0 amide bonds. The summed E-state index contributed by atoms with van der Waals surface area (Å²) in [6, 6.07) is 2.83. The van der Waals surface area contributed by atoms with Gasteiger partial charge in [0.1, 0.15) is 11.6 Å². The van der Waals surface area contributed by atoms with Gasteiger partial charge < -0.3 is 5.73 Å². The Morgan fingerprint density at radius 2 is 1.91 bits per heavy atom. The number of piperidine rings is 1. The molecule has 5 nitrogen and oxygen atoms in total. The zero-order chi connectivity index (χ0) is 16.7. The van der Waals surface area contributed by atoms with Crippen LogP contribution in [0.1, 0.15) is 25.8 Å². The van der Waals surface area contributed by atoms with Crippen LogP contribution in [0, 0.1) is 28.4 Å². The Hall–Kier alpha value is -1.56. The first-order chi connectivity index (χ1) is 10.1. The SMILES string of the molecule is CC1(C)CN(S(=O)(=O)c2c(F)cc(C#N)cc2F)CCC1N. The van der Waals surface area contributed by atoms with E-state index >= 15 is 0 Å². The van der Waals surface area contributed by atoms with Gasteiger partial charge in [-0.1, -0.05) is 13.8 Å². The van der Waals surface area contributed by atoms with Crippen LogP contribution in [0.25, 0.3) is 0 Å². The van der Waals surface area contributed by atoms with Gasteiger partial charge in [-0.25, -0.2) is 17.2 Å². The first-order valence-electron chi connectivity index (χ1n) is 6.74. The molecule has 2 N–H and O–H groups in total. The van der Waals surface area contributed by atoms with Crippen molar-refractivity contribution in [3.05, 3.63) is 29.3 Å². The van der Waals surface area contributed by atoms with Gasteiger partial charge in [0.05, 0.1) is 11.6 Å². The number of nitrogens with two attached hydrogens (primary N) is 1. The molecule has 1 aromatic carbocycles. The first kappa shape index (κ1) is 16.8. The largest absolute Gasteiger partial charge is 0.327 e. The summed E-state index contributed by atoms with van der Waals surface area (Å²) in [6.07, 6.45) is 0.408. The smallest absolute Gasteiger partial charge is 0.248 e. The number of hydrogen-bond acceptors (Lipinski definition) is 4. The Morgan fingerprint density at radius 1 is 1.36 bits per heavy atom. The molecule has 2 rings (SSSR count). The van der Waals surface area contributed by atoms with Crippen molar-refractivity contribution in [3.8, 4) is 6.07 Å². The van der Waals surface area contributed by atoms with Crippen molar-refractivity contribution in [1.29, 1.82) is 5.26 Å². The van der Waals surface area contributed by atoms with Gasteiger partial charge in [0, 0.05) is 19.1 Å². The summed E-state index contributed by atoms with van der Waals surface area (Å²) in [7, 11) is -4.32. The van der Waals surface area contributed by atoms with Crippen LogP contribution in [0.3, 0.4) is 0 Å². The standard InChI is InChI=1S/C14H17F2N3O2S/c1-14(2)8-19(4-3-12(14)18)22(20,21)13-10(15)5-9(7-17)6-11(13)16/h5-6,12H,3-4,8,18H2,1-2H3. The Balaban J connectivity index is 2.47. The third-order valence-corrected chi connectivity index (χ3v) is 5.90. The molecule has 1 heterocycles. The van der Waals surface area contributed by atoms with E-state index in [-0.39, 0.29) is 24.7 Å². The highest BCUT2D eigenvalue weighted by molar-refractivity contribution is 7.89. The number of halogens is 2. The molecule has 0 aliphatic carbocycles. The van der Waals surface area contributed by atoms with E-state index in [4.69, 9.17) is 11.0 Å². The Morgan fingerprint density at radius 3 is 2.36 bits per heavy atom. The van der Waals surface area contributed by atoms with E-state index in [0.29, 0.717) is 6.42 Å². The van der Waals surface area contributed by atoms with E-state index in [1.807, 2.05) is 13.8 Å². The van der Waals surface area contributed by atoms with Crippen LogP contribution in [0.4, 0.5) is 8.78 Å². The number of nitriles is 1. The molecule has 1 unspecified atom stereocenters. The number of sulfonamides is 1. The Labute approximate surface area is 128 Å². The molecule has 0 saturated carbocycles. The third kappa shape index (κ3) is 2.84. The van der Waals surface area contributed by atoms with Gasteiger partial charge in [0.2, 0.25) is 10.0 Å². The highest BCUT2D eigenvalue weighted by Gasteiger charge is 2.40. The van der Waals surface area contributed by atoms with Crippen molar-refractivity contribution >= 4 is 10.0 Å². The summed E-state index contributed by atoms with van der Waals surface area (Å²) >= 11 is 0. The zero-order valence-corrected chi connectivity index (χ0v) is 13.1. The second-order valence-corrected chi connectivity index (χ2v) is 7.98. The van der Waals surface area contributed by atoms with E-state index in [1.54, 1.807) is 6.07 Å². The number of benzene rings is 1. The van der Waals surface area contributed by atoms with Crippen molar-refractivity contribution in [1.82, 2.24) is 4.31 Å². The van der Waals surface area contributed by atoms with Crippen molar-refractivity contribution < 1.29 is 17.2 Å². The molecule has 0 radical (unpaired) electrons. The van der Waals surface area contributed by atoms with E-state index in [9.17, 15) is 17.2 Å². The van der Waals surface area contributed by atoms with Gasteiger partial charge in [-0.2, -0.15) is 9.57 Å². The molecule has 8 heteroatoms. The second kappa shape index (κ2) is 5.57. The maximum atomic E-state index is 14.0. The van der Waals surface area contributed by atoms with Gasteiger partial charge in [-0.3, -0.25) is 0 Å². The summed E-state index contributed by atoms with van der Waals surface area (Å²) in [6.45, 7) is 3.80. The van der Waals surface area contributed by atoms with Gasteiger partial charge in [0.25, 0.3) is 0 Å². The predicted molar refractivity (Wildman–Crippen MR) is 76.2 cm³/mol. The lowest BCUT2D eigenvalue weighted by Gasteiger charge is -2.41. The normalized spacial score (nSPS) is 22.3. The quantitative estimate of drug-likeness (QED) is 0.892. The molecule has 1 fully saturated rings. The lowest BCUT2D eigenvalue weighted by atomic mass is 9.81. The fourth-order valence-corrected chi connectivity index (χ4v) is 4.25.